The highest BCUT2D eigenvalue weighted by Crippen LogP contribution is 2.06. The van der Waals surface area contributed by atoms with Crippen molar-refractivity contribution in [1.29, 1.82) is 0 Å². The maximum absolute atomic E-state index is 12.9. The fraction of sp³-hybridized carbons (Fsp3) is 0.333. The number of carbonyl (C=O) groups excluding carboxylic acids is 1. The molecule has 0 heterocycles. The van der Waals surface area contributed by atoms with Gasteiger partial charge in [0.1, 0.15) is 5.82 Å². The molecule has 4 nitrogen and oxygen atoms in total. The van der Waals surface area contributed by atoms with E-state index in [1.165, 1.54) is 25.1 Å². The molecule has 1 rings (SSSR count). The lowest BCUT2D eigenvalue weighted by molar-refractivity contribution is -0.141. The fourth-order valence-corrected chi connectivity index (χ4v) is 1.26. The van der Waals surface area contributed by atoms with Crippen LogP contribution in [0.2, 0.25) is 0 Å². The summed E-state index contributed by atoms with van der Waals surface area (Å²) in [4.78, 5) is 22.4. The Bertz CT molecular complexity index is 434. The van der Waals surface area contributed by atoms with E-state index in [4.69, 9.17) is 5.11 Å². The van der Waals surface area contributed by atoms with Crippen LogP contribution in [0, 0.1) is 11.7 Å². The number of carbonyl (C=O) groups is 2. The topological polar surface area (TPSA) is 66.4 Å². The summed E-state index contributed by atoms with van der Waals surface area (Å²) in [6, 6.07) is 4.71. The third-order valence-corrected chi connectivity index (χ3v) is 2.59. The Kier molecular flexibility index (Phi) is 4.20. The Labute approximate surface area is 98.5 Å². The molecule has 92 valence electrons. The van der Waals surface area contributed by atoms with Crippen molar-refractivity contribution in [2.45, 2.75) is 19.9 Å². The van der Waals surface area contributed by atoms with Crippen molar-refractivity contribution >= 4 is 11.9 Å². The summed E-state index contributed by atoms with van der Waals surface area (Å²) in [5.74, 6) is -2.67. The van der Waals surface area contributed by atoms with E-state index >= 15 is 0 Å². The van der Waals surface area contributed by atoms with Crippen LogP contribution in [0.25, 0.3) is 0 Å². The zero-order valence-corrected chi connectivity index (χ0v) is 9.61. The number of halogens is 1. The minimum Gasteiger partial charge on any atom is -0.481 e. The molecule has 0 aliphatic rings. The van der Waals surface area contributed by atoms with Gasteiger partial charge in [0.05, 0.1) is 5.92 Å². The second kappa shape index (κ2) is 5.43. The van der Waals surface area contributed by atoms with Crippen LogP contribution in [-0.2, 0) is 4.79 Å². The van der Waals surface area contributed by atoms with Crippen molar-refractivity contribution in [3.05, 3.63) is 35.6 Å². The quantitative estimate of drug-likeness (QED) is 0.839. The zero-order valence-electron chi connectivity index (χ0n) is 9.61. The van der Waals surface area contributed by atoms with E-state index in [1.54, 1.807) is 6.92 Å². The molecule has 0 radical (unpaired) electrons. The summed E-state index contributed by atoms with van der Waals surface area (Å²) < 4.78 is 12.9. The van der Waals surface area contributed by atoms with Gasteiger partial charge < -0.3 is 10.4 Å². The highest BCUT2D eigenvalue weighted by Gasteiger charge is 2.21. The van der Waals surface area contributed by atoms with E-state index in [9.17, 15) is 14.0 Å². The van der Waals surface area contributed by atoms with E-state index in [0.29, 0.717) is 0 Å². The summed E-state index contributed by atoms with van der Waals surface area (Å²) in [7, 11) is 0. The van der Waals surface area contributed by atoms with Crippen LogP contribution in [0.1, 0.15) is 24.2 Å². The molecule has 2 N–H and O–H groups in total. The number of carboxylic acid groups (broad SMARTS) is 1. The maximum atomic E-state index is 12.9. The number of nitrogens with one attached hydrogen (secondary N) is 1. The molecule has 2 atom stereocenters. The number of aliphatic carboxylic acids is 1. The fourth-order valence-electron chi connectivity index (χ4n) is 1.26. The lowest BCUT2D eigenvalue weighted by Crippen LogP contribution is -2.40. The molecule has 0 aromatic heterocycles. The van der Waals surface area contributed by atoms with Crippen molar-refractivity contribution < 1.29 is 19.1 Å². The predicted molar refractivity (Wildman–Crippen MR) is 60.1 cm³/mol. The van der Waals surface area contributed by atoms with Crippen LogP contribution in [0.4, 0.5) is 4.39 Å². The third kappa shape index (κ3) is 3.55. The average Bonchev–Trinajstić information content (AvgIpc) is 2.27. The highest BCUT2D eigenvalue weighted by atomic mass is 19.1. The Morgan fingerprint density at radius 2 is 2.00 bits per heavy atom. The van der Waals surface area contributed by atoms with Gasteiger partial charge in [0.15, 0.2) is 0 Å². The molecule has 1 aromatic rings. The zero-order chi connectivity index (χ0) is 13.0. The largest absolute Gasteiger partial charge is 0.481 e. The van der Waals surface area contributed by atoms with Gasteiger partial charge in [0.25, 0.3) is 5.91 Å². The monoisotopic (exact) mass is 239 g/mol. The normalized spacial score (nSPS) is 13.8. The Balaban J connectivity index is 2.70. The van der Waals surface area contributed by atoms with Crippen molar-refractivity contribution in [1.82, 2.24) is 5.32 Å². The van der Waals surface area contributed by atoms with Crippen molar-refractivity contribution in [3.8, 4) is 0 Å². The van der Waals surface area contributed by atoms with Crippen LogP contribution in [0.15, 0.2) is 24.3 Å². The highest BCUT2D eigenvalue weighted by molar-refractivity contribution is 5.94. The molecular formula is C12H14FNO3. The van der Waals surface area contributed by atoms with E-state index in [0.717, 1.165) is 6.07 Å². The summed E-state index contributed by atoms with van der Waals surface area (Å²) >= 11 is 0. The first-order valence-corrected chi connectivity index (χ1v) is 5.21. The molecular weight excluding hydrogens is 225 g/mol. The minimum atomic E-state index is -0.989. The van der Waals surface area contributed by atoms with Gasteiger partial charge in [0.2, 0.25) is 0 Å². The summed E-state index contributed by atoms with van der Waals surface area (Å²) in [6.07, 6.45) is 0. The van der Waals surface area contributed by atoms with Gasteiger partial charge in [-0.2, -0.15) is 0 Å². The Morgan fingerprint density at radius 1 is 1.35 bits per heavy atom. The second-order valence-corrected chi connectivity index (χ2v) is 3.90. The van der Waals surface area contributed by atoms with Gasteiger partial charge in [-0.1, -0.05) is 6.07 Å². The summed E-state index contributed by atoms with van der Waals surface area (Å²) in [6.45, 7) is 3.09. The van der Waals surface area contributed by atoms with Gasteiger partial charge in [-0.3, -0.25) is 9.59 Å². The molecule has 0 saturated carbocycles. The molecule has 1 aromatic carbocycles. The Morgan fingerprint density at radius 3 is 2.53 bits per heavy atom. The molecule has 0 bridgehead atoms. The third-order valence-electron chi connectivity index (χ3n) is 2.59. The van der Waals surface area contributed by atoms with Crippen LogP contribution in [0.5, 0.6) is 0 Å². The van der Waals surface area contributed by atoms with Gasteiger partial charge in [-0.15, -0.1) is 0 Å². The number of hydrogen-bond acceptors (Lipinski definition) is 2. The number of rotatable bonds is 4. The summed E-state index contributed by atoms with van der Waals surface area (Å²) in [5, 5.41) is 11.3. The number of amides is 1. The standard InChI is InChI=1S/C12H14FNO3/c1-7(12(16)17)8(2)14-11(15)9-4-3-5-10(13)6-9/h3-8H,1-2H3,(H,14,15)(H,16,17). The van der Waals surface area contributed by atoms with Crippen LogP contribution < -0.4 is 5.32 Å². The molecule has 0 aliphatic carbocycles. The Hall–Kier alpha value is -1.91. The maximum Gasteiger partial charge on any atom is 0.308 e. The lowest BCUT2D eigenvalue weighted by atomic mass is 10.0. The van der Waals surface area contributed by atoms with Gasteiger partial charge in [0, 0.05) is 11.6 Å². The molecule has 5 heteroatoms. The van der Waals surface area contributed by atoms with Gasteiger partial charge >= 0.3 is 5.97 Å². The van der Waals surface area contributed by atoms with Crippen molar-refractivity contribution in [2.75, 3.05) is 0 Å². The number of hydrogen-bond donors (Lipinski definition) is 2. The van der Waals surface area contributed by atoms with Gasteiger partial charge in [-0.25, -0.2) is 4.39 Å². The number of carboxylic acids is 1. The SMILES string of the molecule is CC(NC(=O)c1cccc(F)c1)C(C)C(=O)O. The van der Waals surface area contributed by atoms with E-state index in [2.05, 4.69) is 5.32 Å². The molecule has 0 spiro atoms. The van der Waals surface area contributed by atoms with Crippen LogP contribution >= 0.6 is 0 Å². The van der Waals surface area contributed by atoms with Crippen molar-refractivity contribution in [3.63, 3.8) is 0 Å². The van der Waals surface area contributed by atoms with Crippen LogP contribution in [0.3, 0.4) is 0 Å². The van der Waals surface area contributed by atoms with E-state index in [1.807, 2.05) is 0 Å². The average molecular weight is 239 g/mol. The van der Waals surface area contributed by atoms with E-state index in [-0.39, 0.29) is 5.56 Å². The number of benzene rings is 1. The lowest BCUT2D eigenvalue weighted by Gasteiger charge is -2.17. The second-order valence-electron chi connectivity index (χ2n) is 3.90. The first-order chi connectivity index (χ1) is 7.91. The molecule has 0 aliphatic heterocycles. The molecule has 0 saturated heterocycles. The summed E-state index contributed by atoms with van der Waals surface area (Å²) in [5.41, 5.74) is 0.175. The molecule has 2 unspecified atom stereocenters. The van der Waals surface area contributed by atoms with E-state index < -0.39 is 29.7 Å². The minimum absolute atomic E-state index is 0.175. The first kappa shape index (κ1) is 13.2. The molecule has 0 fully saturated rings. The van der Waals surface area contributed by atoms with Crippen LogP contribution in [-0.4, -0.2) is 23.0 Å². The molecule has 1 amide bonds. The smallest absolute Gasteiger partial charge is 0.308 e. The van der Waals surface area contributed by atoms with Gasteiger partial charge in [-0.05, 0) is 32.0 Å². The first-order valence-electron chi connectivity index (χ1n) is 5.21. The van der Waals surface area contributed by atoms with Crippen molar-refractivity contribution in [2.24, 2.45) is 5.92 Å². The molecule has 17 heavy (non-hydrogen) atoms. The predicted octanol–water partition coefficient (Wildman–Crippen LogP) is 1.66.